The highest BCUT2D eigenvalue weighted by atomic mass is 16.5. The lowest BCUT2D eigenvalue weighted by Crippen LogP contribution is -2.29. The van der Waals surface area contributed by atoms with Gasteiger partial charge in [-0.25, -0.2) is 4.98 Å². The molecule has 1 aromatic rings. The molecule has 0 aromatic carbocycles. The molecule has 0 aliphatic heterocycles. The van der Waals surface area contributed by atoms with Gasteiger partial charge in [-0.3, -0.25) is 0 Å². The first-order chi connectivity index (χ1) is 7.76. The molecule has 0 spiro atoms. The number of methoxy groups -OCH3 is 1. The van der Waals surface area contributed by atoms with Crippen LogP contribution in [0.25, 0.3) is 0 Å². The molecule has 0 radical (unpaired) electrons. The van der Waals surface area contributed by atoms with Gasteiger partial charge in [0.05, 0.1) is 12.7 Å². The van der Waals surface area contributed by atoms with Crippen LogP contribution in [0.4, 0.5) is 0 Å². The van der Waals surface area contributed by atoms with Crippen molar-refractivity contribution in [2.45, 2.75) is 12.6 Å². The van der Waals surface area contributed by atoms with Crippen molar-refractivity contribution in [3.05, 3.63) is 29.6 Å². The van der Waals surface area contributed by atoms with E-state index in [1.165, 1.54) is 0 Å². The largest absolute Gasteiger partial charge is 0.389 e. The molecule has 1 rings (SSSR count). The number of aromatic nitrogens is 1. The molecule has 0 aliphatic rings. The van der Waals surface area contributed by atoms with Crippen molar-refractivity contribution in [3.63, 3.8) is 0 Å². The van der Waals surface area contributed by atoms with Gasteiger partial charge < -0.3 is 15.2 Å². The fourth-order valence-corrected chi connectivity index (χ4v) is 1.28. The standard InChI is InChI=1S/C11H15N3O2/c1-16-8-11(15)7-13-6-9-2-3-14-10(4-9)5-12/h2-4,11,13,15H,6-8H2,1H3. The van der Waals surface area contributed by atoms with E-state index in [1.54, 1.807) is 19.4 Å². The number of ether oxygens (including phenoxy) is 1. The molecule has 1 atom stereocenters. The topological polar surface area (TPSA) is 78.2 Å². The monoisotopic (exact) mass is 221 g/mol. The minimum absolute atomic E-state index is 0.312. The summed E-state index contributed by atoms with van der Waals surface area (Å²) in [4.78, 5) is 3.87. The van der Waals surface area contributed by atoms with Crippen molar-refractivity contribution in [3.8, 4) is 6.07 Å². The van der Waals surface area contributed by atoms with Gasteiger partial charge in [-0.1, -0.05) is 0 Å². The molecule has 5 heteroatoms. The number of nitrogens with one attached hydrogen (secondary N) is 1. The number of aliphatic hydroxyl groups excluding tert-OH is 1. The maximum Gasteiger partial charge on any atom is 0.140 e. The second-order valence-corrected chi connectivity index (χ2v) is 3.40. The van der Waals surface area contributed by atoms with Crippen LogP contribution < -0.4 is 5.32 Å². The van der Waals surface area contributed by atoms with Crippen molar-refractivity contribution in [1.82, 2.24) is 10.3 Å². The molecular formula is C11H15N3O2. The summed E-state index contributed by atoms with van der Waals surface area (Å²) in [6.45, 7) is 1.36. The zero-order valence-corrected chi connectivity index (χ0v) is 9.18. The van der Waals surface area contributed by atoms with Gasteiger partial charge in [0.25, 0.3) is 0 Å². The highest BCUT2D eigenvalue weighted by Crippen LogP contribution is 2.00. The van der Waals surface area contributed by atoms with E-state index < -0.39 is 6.10 Å². The fraction of sp³-hybridized carbons (Fsp3) is 0.455. The van der Waals surface area contributed by atoms with Crippen LogP contribution in [0.1, 0.15) is 11.3 Å². The van der Waals surface area contributed by atoms with Gasteiger partial charge in [-0.05, 0) is 17.7 Å². The second-order valence-electron chi connectivity index (χ2n) is 3.40. The first-order valence-corrected chi connectivity index (χ1v) is 4.99. The normalized spacial score (nSPS) is 12.1. The zero-order chi connectivity index (χ0) is 11.8. The van der Waals surface area contributed by atoms with Crippen LogP contribution in [0.3, 0.4) is 0 Å². The molecule has 16 heavy (non-hydrogen) atoms. The average molecular weight is 221 g/mol. The van der Waals surface area contributed by atoms with Crippen LogP contribution in [-0.4, -0.2) is 36.5 Å². The van der Waals surface area contributed by atoms with Gasteiger partial charge in [0.15, 0.2) is 0 Å². The predicted octanol–water partition coefficient (Wildman–Crippen LogP) is 0.0502. The smallest absolute Gasteiger partial charge is 0.140 e. The highest BCUT2D eigenvalue weighted by molar-refractivity contribution is 5.25. The van der Waals surface area contributed by atoms with E-state index in [1.807, 2.05) is 12.1 Å². The van der Waals surface area contributed by atoms with E-state index in [9.17, 15) is 5.11 Å². The Kier molecular flexibility index (Phi) is 5.43. The van der Waals surface area contributed by atoms with Gasteiger partial charge in [0.2, 0.25) is 0 Å². The predicted molar refractivity (Wildman–Crippen MR) is 58.5 cm³/mol. The number of nitriles is 1. The Bertz CT molecular complexity index is 362. The number of pyridine rings is 1. The third-order valence-corrected chi connectivity index (χ3v) is 2.01. The Morgan fingerprint density at radius 3 is 3.19 bits per heavy atom. The third kappa shape index (κ3) is 4.36. The Balaban J connectivity index is 2.34. The van der Waals surface area contributed by atoms with E-state index >= 15 is 0 Å². The first-order valence-electron chi connectivity index (χ1n) is 4.99. The molecule has 0 saturated carbocycles. The molecule has 86 valence electrons. The summed E-state index contributed by atoms with van der Waals surface area (Å²) in [5, 5.41) is 21.1. The van der Waals surface area contributed by atoms with Crippen LogP contribution in [0.5, 0.6) is 0 Å². The maximum absolute atomic E-state index is 9.38. The van der Waals surface area contributed by atoms with Crippen molar-refractivity contribution in [2.75, 3.05) is 20.3 Å². The van der Waals surface area contributed by atoms with Crippen LogP contribution in [0.2, 0.25) is 0 Å². The third-order valence-electron chi connectivity index (χ3n) is 2.01. The van der Waals surface area contributed by atoms with Crippen LogP contribution in [0.15, 0.2) is 18.3 Å². The summed E-state index contributed by atoms with van der Waals surface area (Å²) < 4.78 is 4.80. The SMILES string of the molecule is COCC(O)CNCc1ccnc(C#N)c1. The summed E-state index contributed by atoms with van der Waals surface area (Å²) >= 11 is 0. The van der Waals surface area contributed by atoms with Gasteiger partial charge in [0, 0.05) is 26.4 Å². The fourth-order valence-electron chi connectivity index (χ4n) is 1.28. The molecule has 0 aliphatic carbocycles. The van der Waals surface area contributed by atoms with E-state index in [2.05, 4.69) is 10.3 Å². The lowest BCUT2D eigenvalue weighted by Gasteiger charge is -2.10. The number of rotatable bonds is 6. The van der Waals surface area contributed by atoms with Crippen LogP contribution >= 0.6 is 0 Å². The maximum atomic E-state index is 9.38. The van der Waals surface area contributed by atoms with Crippen molar-refractivity contribution < 1.29 is 9.84 Å². The van der Waals surface area contributed by atoms with Gasteiger partial charge in [-0.2, -0.15) is 5.26 Å². The van der Waals surface area contributed by atoms with Gasteiger partial charge in [0.1, 0.15) is 11.8 Å². The summed E-state index contributed by atoms with van der Waals surface area (Å²) in [6, 6.07) is 5.53. The summed E-state index contributed by atoms with van der Waals surface area (Å²) in [6.07, 6.45) is 1.09. The minimum atomic E-state index is -0.512. The van der Waals surface area contributed by atoms with Crippen molar-refractivity contribution in [2.24, 2.45) is 0 Å². The minimum Gasteiger partial charge on any atom is -0.389 e. The molecule has 1 heterocycles. The lowest BCUT2D eigenvalue weighted by atomic mass is 10.2. The number of nitrogens with zero attached hydrogens (tertiary/aromatic N) is 2. The molecule has 5 nitrogen and oxygen atoms in total. The van der Waals surface area contributed by atoms with Crippen LogP contribution in [0, 0.1) is 11.3 Å². The highest BCUT2D eigenvalue weighted by Gasteiger charge is 2.02. The van der Waals surface area contributed by atoms with E-state index in [0.717, 1.165) is 5.56 Å². The summed E-state index contributed by atoms with van der Waals surface area (Å²) in [5.74, 6) is 0. The molecule has 0 saturated heterocycles. The molecule has 0 amide bonds. The molecule has 1 unspecified atom stereocenters. The Labute approximate surface area is 94.7 Å². The van der Waals surface area contributed by atoms with Crippen molar-refractivity contribution in [1.29, 1.82) is 5.26 Å². The number of hydrogen-bond acceptors (Lipinski definition) is 5. The Morgan fingerprint density at radius 2 is 2.50 bits per heavy atom. The molecule has 0 bridgehead atoms. The van der Waals surface area contributed by atoms with Crippen LogP contribution in [-0.2, 0) is 11.3 Å². The lowest BCUT2D eigenvalue weighted by molar-refractivity contribution is 0.0644. The van der Waals surface area contributed by atoms with E-state index in [4.69, 9.17) is 10.00 Å². The number of aliphatic hydroxyl groups is 1. The number of hydrogen-bond donors (Lipinski definition) is 2. The van der Waals surface area contributed by atoms with Gasteiger partial charge >= 0.3 is 0 Å². The Morgan fingerprint density at radius 1 is 1.69 bits per heavy atom. The summed E-state index contributed by atoms with van der Waals surface area (Å²) in [5.41, 5.74) is 1.37. The zero-order valence-electron chi connectivity index (χ0n) is 9.18. The Hall–Kier alpha value is -1.48. The summed E-state index contributed by atoms with van der Waals surface area (Å²) in [7, 11) is 1.55. The van der Waals surface area contributed by atoms with E-state index in [0.29, 0.717) is 25.4 Å². The van der Waals surface area contributed by atoms with E-state index in [-0.39, 0.29) is 0 Å². The molecular weight excluding hydrogens is 206 g/mol. The molecule has 1 aromatic heterocycles. The second kappa shape index (κ2) is 6.90. The quantitative estimate of drug-likeness (QED) is 0.709. The van der Waals surface area contributed by atoms with Gasteiger partial charge in [-0.15, -0.1) is 0 Å². The molecule has 0 fully saturated rings. The van der Waals surface area contributed by atoms with Crippen molar-refractivity contribution >= 4 is 0 Å². The average Bonchev–Trinajstić information content (AvgIpc) is 2.30. The first kappa shape index (κ1) is 12.6. The molecule has 2 N–H and O–H groups in total.